The molecule has 1 N–H and O–H groups in total. The van der Waals surface area contributed by atoms with Crippen molar-refractivity contribution < 1.29 is 18.4 Å². The number of hydrogen-bond donors (Lipinski definition) is 2. The van der Waals surface area contributed by atoms with Gasteiger partial charge in [-0.25, -0.2) is 8.78 Å². The number of carbonyl (C=O) groups is 2. The fraction of sp³-hybridized carbons (Fsp3) is 0.579. The number of benzene rings is 1. The summed E-state index contributed by atoms with van der Waals surface area (Å²) in [5, 5.41) is 2.98. The standard InChI is InChI=1S/C19H24F2N2O2S/c20-13-9-12(10-14(21)11-13)18(19(25)22-15-3-1-2-4-15)23(16-5-6-16)17(24)7-8-26/h9-11,15-16,18,26H,1-8H2,(H,22,25)/t18-/m1/s1. The van der Waals surface area contributed by atoms with Gasteiger partial charge in [0.25, 0.3) is 0 Å². The van der Waals surface area contributed by atoms with Crippen molar-refractivity contribution in [2.75, 3.05) is 5.75 Å². The zero-order chi connectivity index (χ0) is 18.7. The molecule has 2 aliphatic carbocycles. The molecule has 0 spiro atoms. The van der Waals surface area contributed by atoms with Gasteiger partial charge in [0.1, 0.15) is 17.7 Å². The van der Waals surface area contributed by atoms with Crippen molar-refractivity contribution in [3.05, 3.63) is 35.4 Å². The third kappa shape index (κ3) is 4.55. The number of carbonyl (C=O) groups excluding carboxylic acids is 2. The molecular weight excluding hydrogens is 358 g/mol. The van der Waals surface area contributed by atoms with Crippen molar-refractivity contribution in [1.82, 2.24) is 10.2 Å². The lowest BCUT2D eigenvalue weighted by molar-refractivity contribution is -0.141. The van der Waals surface area contributed by atoms with E-state index in [1.807, 2.05) is 0 Å². The van der Waals surface area contributed by atoms with Gasteiger partial charge in [-0.15, -0.1) is 0 Å². The van der Waals surface area contributed by atoms with Crippen LogP contribution in [0.2, 0.25) is 0 Å². The number of nitrogens with one attached hydrogen (secondary N) is 1. The Labute approximate surface area is 157 Å². The molecule has 0 bridgehead atoms. The summed E-state index contributed by atoms with van der Waals surface area (Å²) in [5.74, 6) is -1.72. The van der Waals surface area contributed by atoms with Gasteiger partial charge in [-0.2, -0.15) is 12.6 Å². The Kier molecular flexibility index (Phi) is 6.16. The van der Waals surface area contributed by atoms with Crippen LogP contribution < -0.4 is 5.32 Å². The number of nitrogens with zero attached hydrogens (tertiary/aromatic N) is 1. The molecule has 0 aliphatic heterocycles. The summed E-state index contributed by atoms with van der Waals surface area (Å²) in [5.41, 5.74) is 0.178. The van der Waals surface area contributed by atoms with Crippen molar-refractivity contribution in [2.45, 2.75) is 63.1 Å². The Balaban J connectivity index is 1.93. The maximum Gasteiger partial charge on any atom is 0.247 e. The van der Waals surface area contributed by atoms with Crippen LogP contribution in [0.5, 0.6) is 0 Å². The van der Waals surface area contributed by atoms with Gasteiger partial charge in [0.05, 0.1) is 0 Å². The summed E-state index contributed by atoms with van der Waals surface area (Å²) < 4.78 is 27.6. The highest BCUT2D eigenvalue weighted by Gasteiger charge is 2.41. The maximum absolute atomic E-state index is 13.8. The molecule has 1 aromatic carbocycles. The molecule has 0 aromatic heterocycles. The molecule has 7 heteroatoms. The second-order valence-electron chi connectivity index (χ2n) is 7.10. The van der Waals surface area contributed by atoms with Crippen LogP contribution in [0, 0.1) is 11.6 Å². The highest BCUT2D eigenvalue weighted by Crippen LogP contribution is 2.36. The summed E-state index contributed by atoms with van der Waals surface area (Å²) >= 11 is 4.11. The van der Waals surface area contributed by atoms with Crippen LogP contribution in [-0.2, 0) is 9.59 Å². The second kappa shape index (κ2) is 8.37. The minimum absolute atomic E-state index is 0.0597. The maximum atomic E-state index is 13.8. The summed E-state index contributed by atoms with van der Waals surface area (Å²) in [6, 6.07) is 2.04. The predicted octanol–water partition coefficient (Wildman–Crippen LogP) is 3.38. The van der Waals surface area contributed by atoms with E-state index in [2.05, 4.69) is 17.9 Å². The molecule has 1 atom stereocenters. The minimum Gasteiger partial charge on any atom is -0.351 e. The number of amides is 2. The van der Waals surface area contributed by atoms with Gasteiger partial charge in [0.15, 0.2) is 0 Å². The summed E-state index contributed by atoms with van der Waals surface area (Å²) in [4.78, 5) is 27.2. The minimum atomic E-state index is -1.01. The van der Waals surface area contributed by atoms with Crippen molar-refractivity contribution in [2.24, 2.45) is 0 Å². The van der Waals surface area contributed by atoms with E-state index in [-0.39, 0.29) is 35.9 Å². The van der Waals surface area contributed by atoms with Crippen LogP contribution in [-0.4, -0.2) is 34.6 Å². The van der Waals surface area contributed by atoms with E-state index in [4.69, 9.17) is 0 Å². The summed E-state index contributed by atoms with van der Waals surface area (Å²) in [7, 11) is 0. The van der Waals surface area contributed by atoms with Crippen LogP contribution in [0.15, 0.2) is 18.2 Å². The van der Waals surface area contributed by atoms with Gasteiger partial charge in [-0.05, 0) is 49.1 Å². The lowest BCUT2D eigenvalue weighted by Gasteiger charge is -2.32. The van der Waals surface area contributed by atoms with E-state index in [9.17, 15) is 18.4 Å². The summed E-state index contributed by atoms with van der Waals surface area (Å²) in [6.45, 7) is 0. The van der Waals surface area contributed by atoms with E-state index >= 15 is 0 Å². The Hall–Kier alpha value is -1.63. The number of halogens is 2. The third-order valence-corrected chi connectivity index (χ3v) is 5.21. The fourth-order valence-electron chi connectivity index (χ4n) is 3.66. The Morgan fingerprint density at radius 3 is 2.27 bits per heavy atom. The molecule has 2 amide bonds. The zero-order valence-electron chi connectivity index (χ0n) is 14.6. The molecule has 142 valence electrons. The second-order valence-corrected chi connectivity index (χ2v) is 7.55. The van der Waals surface area contributed by atoms with Crippen LogP contribution in [0.25, 0.3) is 0 Å². The van der Waals surface area contributed by atoms with Gasteiger partial charge in [0.2, 0.25) is 11.8 Å². The first-order valence-electron chi connectivity index (χ1n) is 9.18. The molecule has 3 rings (SSSR count). The average Bonchev–Trinajstić information content (AvgIpc) is 3.27. The molecule has 2 saturated carbocycles. The molecule has 2 fully saturated rings. The van der Waals surface area contributed by atoms with E-state index < -0.39 is 17.7 Å². The van der Waals surface area contributed by atoms with Crippen molar-refractivity contribution >= 4 is 24.4 Å². The van der Waals surface area contributed by atoms with Crippen LogP contribution in [0.4, 0.5) is 8.78 Å². The highest BCUT2D eigenvalue weighted by molar-refractivity contribution is 7.80. The molecule has 4 nitrogen and oxygen atoms in total. The Bertz CT molecular complexity index is 655. The fourth-order valence-corrected chi connectivity index (χ4v) is 3.85. The first-order chi connectivity index (χ1) is 12.5. The molecule has 26 heavy (non-hydrogen) atoms. The molecular formula is C19H24F2N2O2S. The first kappa shape index (κ1) is 19.1. The predicted molar refractivity (Wildman–Crippen MR) is 97.8 cm³/mol. The smallest absolute Gasteiger partial charge is 0.247 e. The number of thiol groups is 1. The van der Waals surface area contributed by atoms with Crippen LogP contribution in [0.1, 0.15) is 56.6 Å². The zero-order valence-corrected chi connectivity index (χ0v) is 15.5. The third-order valence-electron chi connectivity index (χ3n) is 4.98. The van der Waals surface area contributed by atoms with E-state index in [1.165, 1.54) is 4.90 Å². The highest BCUT2D eigenvalue weighted by atomic mass is 32.1. The van der Waals surface area contributed by atoms with Gasteiger partial charge in [-0.1, -0.05) is 12.8 Å². The first-order valence-corrected chi connectivity index (χ1v) is 9.81. The van der Waals surface area contributed by atoms with Crippen LogP contribution in [0.3, 0.4) is 0 Å². The topological polar surface area (TPSA) is 49.4 Å². The van der Waals surface area contributed by atoms with Gasteiger partial charge in [-0.3, -0.25) is 9.59 Å². The SMILES string of the molecule is O=C(NC1CCCC1)[C@@H](c1cc(F)cc(F)c1)N(C(=O)CCS)C1CC1. The molecule has 0 heterocycles. The Morgan fingerprint density at radius 1 is 1.12 bits per heavy atom. The average molecular weight is 382 g/mol. The van der Waals surface area contributed by atoms with E-state index in [0.717, 1.165) is 56.7 Å². The normalized spacial score (nSPS) is 18.6. The van der Waals surface area contributed by atoms with Crippen molar-refractivity contribution in [3.63, 3.8) is 0 Å². The summed E-state index contributed by atoms with van der Waals surface area (Å²) in [6.07, 6.45) is 5.66. The van der Waals surface area contributed by atoms with Gasteiger partial charge in [0, 0.05) is 24.6 Å². The van der Waals surface area contributed by atoms with E-state index in [0.29, 0.717) is 5.75 Å². The quantitative estimate of drug-likeness (QED) is 0.711. The van der Waals surface area contributed by atoms with Crippen molar-refractivity contribution in [1.29, 1.82) is 0 Å². The largest absolute Gasteiger partial charge is 0.351 e. The molecule has 1 aromatic rings. The monoisotopic (exact) mass is 382 g/mol. The van der Waals surface area contributed by atoms with Crippen molar-refractivity contribution in [3.8, 4) is 0 Å². The lowest BCUT2D eigenvalue weighted by Crippen LogP contribution is -2.47. The molecule has 0 radical (unpaired) electrons. The van der Waals surface area contributed by atoms with E-state index in [1.54, 1.807) is 0 Å². The molecule has 2 aliphatic rings. The molecule has 0 saturated heterocycles. The van der Waals surface area contributed by atoms with Crippen LogP contribution >= 0.6 is 12.6 Å². The number of rotatable bonds is 7. The molecule has 0 unspecified atom stereocenters. The number of hydrogen-bond acceptors (Lipinski definition) is 3. The lowest BCUT2D eigenvalue weighted by atomic mass is 10.0. The Morgan fingerprint density at radius 2 is 1.73 bits per heavy atom. The van der Waals surface area contributed by atoms with Gasteiger partial charge >= 0.3 is 0 Å². The van der Waals surface area contributed by atoms with Gasteiger partial charge < -0.3 is 10.2 Å².